The highest BCUT2D eigenvalue weighted by Gasteiger charge is 2.06. The number of hydrogen-bond donors (Lipinski definition) is 0. The zero-order valence-corrected chi connectivity index (χ0v) is 21.3. The highest BCUT2D eigenvalue weighted by Crippen LogP contribution is 2.31. The van der Waals surface area contributed by atoms with Crippen molar-refractivity contribution in [3.8, 4) is 22.6 Å². The first-order valence-corrected chi connectivity index (χ1v) is 13.2. The molecule has 0 spiro atoms. The van der Waals surface area contributed by atoms with E-state index in [-0.39, 0.29) is 0 Å². The van der Waals surface area contributed by atoms with Crippen LogP contribution in [-0.4, -0.2) is 13.2 Å². The summed E-state index contributed by atoms with van der Waals surface area (Å²) in [6.45, 7) is 8.30. The van der Waals surface area contributed by atoms with E-state index < -0.39 is 0 Å². The maximum atomic E-state index is 6.48. The second-order valence-electron chi connectivity index (χ2n) is 9.00. The topological polar surface area (TPSA) is 18.5 Å². The lowest BCUT2D eigenvalue weighted by Gasteiger charge is -2.12. The molecule has 0 saturated carbocycles. The summed E-state index contributed by atoms with van der Waals surface area (Å²) < 4.78 is 11.8. The fraction of sp³-hybridized carbons (Fsp3) is 0.586. The highest BCUT2D eigenvalue weighted by molar-refractivity contribution is 6.32. The molecule has 2 aromatic carbocycles. The Morgan fingerprint density at radius 1 is 0.719 bits per heavy atom. The minimum absolute atomic E-state index is 0.668. The molecule has 32 heavy (non-hydrogen) atoms. The van der Waals surface area contributed by atoms with Crippen LogP contribution in [0.15, 0.2) is 42.5 Å². The van der Waals surface area contributed by atoms with Crippen LogP contribution in [0, 0.1) is 5.92 Å². The predicted octanol–water partition coefficient (Wildman–Crippen LogP) is 9.73. The lowest BCUT2D eigenvalue weighted by atomic mass is 10.0. The molecule has 3 heteroatoms. The Kier molecular flexibility index (Phi) is 13.3. The van der Waals surface area contributed by atoms with Gasteiger partial charge < -0.3 is 9.47 Å². The Labute approximate surface area is 201 Å². The quantitative estimate of drug-likeness (QED) is 0.219. The third-order valence-corrected chi connectivity index (χ3v) is 6.48. The van der Waals surface area contributed by atoms with Crippen molar-refractivity contribution in [3.63, 3.8) is 0 Å². The predicted molar refractivity (Wildman–Crippen MR) is 139 cm³/mol. The van der Waals surface area contributed by atoms with Gasteiger partial charge in [0.1, 0.15) is 11.5 Å². The molecular formula is C29H43ClO2. The maximum absolute atomic E-state index is 6.48. The van der Waals surface area contributed by atoms with Crippen LogP contribution in [-0.2, 0) is 0 Å². The monoisotopic (exact) mass is 458 g/mol. The zero-order chi connectivity index (χ0) is 23.0. The summed E-state index contributed by atoms with van der Waals surface area (Å²) in [6, 6.07) is 14.3. The van der Waals surface area contributed by atoms with E-state index in [2.05, 4.69) is 39.0 Å². The highest BCUT2D eigenvalue weighted by atomic mass is 35.5. The number of rotatable bonds is 17. The van der Waals surface area contributed by atoms with Crippen molar-refractivity contribution in [1.29, 1.82) is 0 Å². The van der Waals surface area contributed by atoms with Crippen LogP contribution in [0.5, 0.6) is 11.5 Å². The first-order chi connectivity index (χ1) is 15.6. The van der Waals surface area contributed by atoms with E-state index in [1.54, 1.807) is 0 Å². The molecule has 0 saturated heterocycles. The van der Waals surface area contributed by atoms with E-state index in [0.29, 0.717) is 11.6 Å². The van der Waals surface area contributed by atoms with Crippen LogP contribution in [0.4, 0.5) is 0 Å². The van der Waals surface area contributed by atoms with Gasteiger partial charge in [-0.05, 0) is 60.6 Å². The molecule has 0 N–H and O–H groups in total. The smallest absolute Gasteiger partial charge is 0.137 e. The third kappa shape index (κ3) is 10.3. The van der Waals surface area contributed by atoms with Gasteiger partial charge in [-0.2, -0.15) is 0 Å². The molecule has 178 valence electrons. The first-order valence-electron chi connectivity index (χ1n) is 12.8. The van der Waals surface area contributed by atoms with Crippen molar-refractivity contribution < 1.29 is 9.47 Å². The molecule has 0 aliphatic rings. The molecule has 0 aliphatic heterocycles. The Bertz CT molecular complexity index is 741. The fourth-order valence-corrected chi connectivity index (χ4v) is 4.02. The zero-order valence-electron chi connectivity index (χ0n) is 20.5. The van der Waals surface area contributed by atoms with Gasteiger partial charge in [0.05, 0.1) is 18.2 Å². The van der Waals surface area contributed by atoms with Gasteiger partial charge in [0, 0.05) is 0 Å². The molecule has 2 nitrogen and oxygen atoms in total. The molecular weight excluding hydrogens is 416 g/mol. The van der Waals surface area contributed by atoms with Crippen molar-refractivity contribution in [2.75, 3.05) is 13.2 Å². The Morgan fingerprint density at radius 2 is 1.34 bits per heavy atom. The summed E-state index contributed by atoms with van der Waals surface area (Å²) >= 11 is 6.48. The molecule has 0 bridgehead atoms. The standard InChI is InChI=1S/C29H43ClO2/c1-4-6-7-8-9-10-11-12-21-31-27-18-15-25(16-19-27)26-17-20-29(28(30)23-26)32-22-13-14-24(3)5-2/h15-20,23-24H,4-14,21-22H2,1-3H3/t24-/m0/s1. The maximum Gasteiger partial charge on any atom is 0.137 e. The number of halogens is 1. The average molecular weight is 459 g/mol. The fourth-order valence-electron chi connectivity index (χ4n) is 3.79. The van der Waals surface area contributed by atoms with Crippen LogP contribution in [0.25, 0.3) is 11.1 Å². The van der Waals surface area contributed by atoms with Crippen molar-refractivity contribution in [3.05, 3.63) is 47.5 Å². The van der Waals surface area contributed by atoms with Crippen molar-refractivity contribution >= 4 is 11.6 Å². The van der Waals surface area contributed by atoms with Gasteiger partial charge in [-0.25, -0.2) is 0 Å². The lowest BCUT2D eigenvalue weighted by molar-refractivity contribution is 0.294. The summed E-state index contributed by atoms with van der Waals surface area (Å²) in [4.78, 5) is 0. The number of benzene rings is 2. The first kappa shape index (κ1) is 26.6. The van der Waals surface area contributed by atoms with Crippen LogP contribution < -0.4 is 9.47 Å². The summed E-state index contributed by atoms with van der Waals surface area (Å²) in [5, 5.41) is 0.668. The molecule has 0 amide bonds. The van der Waals surface area contributed by atoms with Crippen molar-refractivity contribution in [1.82, 2.24) is 0 Å². The van der Waals surface area contributed by atoms with Crippen molar-refractivity contribution in [2.45, 2.75) is 91.4 Å². The van der Waals surface area contributed by atoms with Gasteiger partial charge >= 0.3 is 0 Å². The van der Waals surface area contributed by atoms with Gasteiger partial charge in [0.25, 0.3) is 0 Å². The summed E-state index contributed by atoms with van der Waals surface area (Å²) in [5.74, 6) is 2.46. The summed E-state index contributed by atoms with van der Waals surface area (Å²) in [5.41, 5.74) is 2.23. The molecule has 0 aliphatic carbocycles. The van der Waals surface area contributed by atoms with E-state index in [4.69, 9.17) is 21.1 Å². The van der Waals surface area contributed by atoms with Gasteiger partial charge in [-0.3, -0.25) is 0 Å². The Balaban J connectivity index is 1.71. The van der Waals surface area contributed by atoms with E-state index in [0.717, 1.165) is 48.0 Å². The molecule has 2 rings (SSSR count). The van der Waals surface area contributed by atoms with Crippen molar-refractivity contribution in [2.24, 2.45) is 5.92 Å². The van der Waals surface area contributed by atoms with Crippen LogP contribution in [0.1, 0.15) is 91.4 Å². The summed E-state index contributed by atoms with van der Waals surface area (Å²) in [6.07, 6.45) is 14.0. The van der Waals surface area contributed by atoms with Crippen LogP contribution in [0.2, 0.25) is 5.02 Å². The Hall–Kier alpha value is -1.67. The van der Waals surface area contributed by atoms with E-state index in [1.165, 1.54) is 57.8 Å². The number of unbranched alkanes of at least 4 members (excludes halogenated alkanes) is 7. The molecule has 0 fully saturated rings. The normalized spacial score (nSPS) is 12.0. The second-order valence-corrected chi connectivity index (χ2v) is 9.40. The van der Waals surface area contributed by atoms with E-state index in [1.807, 2.05) is 24.3 Å². The molecule has 0 radical (unpaired) electrons. The largest absolute Gasteiger partial charge is 0.494 e. The van der Waals surface area contributed by atoms with Gasteiger partial charge in [-0.1, -0.05) is 102 Å². The molecule has 1 atom stereocenters. The minimum Gasteiger partial charge on any atom is -0.494 e. The average Bonchev–Trinajstić information content (AvgIpc) is 2.81. The molecule has 0 heterocycles. The molecule has 0 aromatic heterocycles. The molecule has 0 unspecified atom stereocenters. The van der Waals surface area contributed by atoms with Gasteiger partial charge in [-0.15, -0.1) is 0 Å². The number of hydrogen-bond acceptors (Lipinski definition) is 2. The molecule has 2 aromatic rings. The van der Waals surface area contributed by atoms with Crippen LogP contribution >= 0.6 is 11.6 Å². The van der Waals surface area contributed by atoms with E-state index in [9.17, 15) is 0 Å². The van der Waals surface area contributed by atoms with Crippen LogP contribution in [0.3, 0.4) is 0 Å². The number of ether oxygens (including phenoxy) is 2. The van der Waals surface area contributed by atoms with E-state index >= 15 is 0 Å². The van der Waals surface area contributed by atoms with Gasteiger partial charge in [0.15, 0.2) is 0 Å². The minimum atomic E-state index is 0.668. The SMILES string of the molecule is CCCCCCCCCCOc1ccc(-c2ccc(OCCC[C@@H](C)CC)c(Cl)c2)cc1. The Morgan fingerprint density at radius 3 is 2.00 bits per heavy atom. The summed E-state index contributed by atoms with van der Waals surface area (Å²) in [7, 11) is 0. The second kappa shape index (κ2) is 16.0. The van der Waals surface area contributed by atoms with Gasteiger partial charge in [0.2, 0.25) is 0 Å². The lowest BCUT2D eigenvalue weighted by Crippen LogP contribution is -2.01. The third-order valence-electron chi connectivity index (χ3n) is 6.18.